The minimum atomic E-state index is -0.460. The van der Waals surface area contributed by atoms with E-state index >= 15 is 0 Å². The third kappa shape index (κ3) is 3.11. The van der Waals surface area contributed by atoms with Gasteiger partial charge in [0, 0.05) is 48.0 Å². The number of hydrogen-bond acceptors (Lipinski definition) is 6. The molecule has 2 aromatic carbocycles. The van der Waals surface area contributed by atoms with E-state index in [1.54, 1.807) is 6.20 Å². The molecule has 0 fully saturated rings. The molecule has 8 heteroatoms. The van der Waals surface area contributed by atoms with Crippen molar-refractivity contribution in [1.82, 2.24) is 14.5 Å². The Bertz CT molecular complexity index is 1190. The molecule has 2 aromatic heterocycles. The molecule has 0 saturated carbocycles. The highest BCUT2D eigenvalue weighted by atomic mass is 16.6. The van der Waals surface area contributed by atoms with Crippen LogP contribution in [0.25, 0.3) is 22.2 Å². The number of para-hydroxylation sites is 1. The van der Waals surface area contributed by atoms with Crippen LogP contribution in [0.15, 0.2) is 60.9 Å². The second-order valence-corrected chi connectivity index (χ2v) is 6.20. The van der Waals surface area contributed by atoms with E-state index in [0.29, 0.717) is 17.4 Å². The van der Waals surface area contributed by atoms with Gasteiger partial charge in [-0.3, -0.25) is 10.1 Å². The first-order valence-corrected chi connectivity index (χ1v) is 8.54. The van der Waals surface area contributed by atoms with Crippen molar-refractivity contribution < 1.29 is 9.66 Å². The second-order valence-electron chi connectivity index (χ2n) is 6.20. The first-order chi connectivity index (χ1) is 13.6. The van der Waals surface area contributed by atoms with Gasteiger partial charge in [-0.05, 0) is 18.2 Å². The number of nitrogens with one attached hydrogen (secondary N) is 1. The Morgan fingerprint density at radius 2 is 2.00 bits per heavy atom. The number of ether oxygens (including phenoxy) is 1. The molecule has 0 aliphatic heterocycles. The average molecular weight is 375 g/mol. The number of benzene rings is 2. The van der Waals surface area contributed by atoms with E-state index < -0.39 is 4.92 Å². The summed E-state index contributed by atoms with van der Waals surface area (Å²) in [6, 6.07) is 14.2. The van der Waals surface area contributed by atoms with Gasteiger partial charge in [0.1, 0.15) is 5.75 Å². The lowest BCUT2D eigenvalue weighted by Crippen LogP contribution is -2.01. The number of anilines is 2. The Morgan fingerprint density at radius 1 is 1.18 bits per heavy atom. The molecule has 28 heavy (non-hydrogen) atoms. The molecule has 0 aliphatic rings. The van der Waals surface area contributed by atoms with Gasteiger partial charge in [-0.15, -0.1) is 0 Å². The fraction of sp³-hybridized carbons (Fsp3) is 0.100. The number of non-ortho nitro benzene ring substituents is 1. The molecule has 140 valence electrons. The van der Waals surface area contributed by atoms with Crippen LogP contribution in [0, 0.1) is 10.1 Å². The standard InChI is InChI=1S/C20H17N5O3/c1-24-12-15(14-5-3-4-6-18(14)24)16-9-10-21-20(22-16)23-17-11-13(25(26)27)7-8-19(17)28-2/h3-12H,1-2H3,(H,21,22,23). The maximum atomic E-state index is 11.1. The van der Waals surface area contributed by atoms with Gasteiger partial charge in [-0.1, -0.05) is 18.2 Å². The molecule has 0 amide bonds. The van der Waals surface area contributed by atoms with Crippen LogP contribution in [0.1, 0.15) is 0 Å². The zero-order valence-electron chi connectivity index (χ0n) is 15.3. The number of aryl methyl sites for hydroxylation is 1. The smallest absolute Gasteiger partial charge is 0.271 e. The summed E-state index contributed by atoms with van der Waals surface area (Å²) in [6.45, 7) is 0. The van der Waals surface area contributed by atoms with Gasteiger partial charge in [-0.25, -0.2) is 9.97 Å². The first kappa shape index (κ1) is 17.5. The van der Waals surface area contributed by atoms with Crippen molar-refractivity contribution in [3.63, 3.8) is 0 Å². The normalized spacial score (nSPS) is 10.8. The second kappa shape index (κ2) is 6.99. The predicted octanol–water partition coefficient (Wildman–Crippen LogP) is 4.30. The minimum Gasteiger partial charge on any atom is -0.495 e. The van der Waals surface area contributed by atoms with Crippen molar-refractivity contribution in [2.24, 2.45) is 7.05 Å². The summed E-state index contributed by atoms with van der Waals surface area (Å²) in [7, 11) is 3.49. The summed E-state index contributed by atoms with van der Waals surface area (Å²) < 4.78 is 7.33. The monoisotopic (exact) mass is 375 g/mol. The van der Waals surface area contributed by atoms with Gasteiger partial charge in [0.05, 0.1) is 23.4 Å². The molecular weight excluding hydrogens is 358 g/mol. The maximum Gasteiger partial charge on any atom is 0.271 e. The summed E-state index contributed by atoms with van der Waals surface area (Å²) in [6.07, 6.45) is 3.67. The van der Waals surface area contributed by atoms with Crippen LogP contribution in [0.4, 0.5) is 17.3 Å². The van der Waals surface area contributed by atoms with Gasteiger partial charge >= 0.3 is 0 Å². The molecule has 0 spiro atoms. The first-order valence-electron chi connectivity index (χ1n) is 8.54. The molecule has 2 heterocycles. The van der Waals surface area contributed by atoms with Crippen molar-refractivity contribution in [1.29, 1.82) is 0 Å². The lowest BCUT2D eigenvalue weighted by atomic mass is 10.1. The van der Waals surface area contributed by atoms with Crippen LogP contribution in [0.5, 0.6) is 5.75 Å². The zero-order valence-corrected chi connectivity index (χ0v) is 15.3. The molecule has 0 saturated heterocycles. The van der Waals surface area contributed by atoms with Crippen molar-refractivity contribution in [2.75, 3.05) is 12.4 Å². The average Bonchev–Trinajstić information content (AvgIpc) is 3.05. The van der Waals surface area contributed by atoms with Gasteiger partial charge in [0.15, 0.2) is 0 Å². The number of nitro groups is 1. The van der Waals surface area contributed by atoms with E-state index in [9.17, 15) is 10.1 Å². The van der Waals surface area contributed by atoms with Crippen LogP contribution >= 0.6 is 0 Å². The van der Waals surface area contributed by atoms with E-state index in [1.165, 1.54) is 25.3 Å². The summed E-state index contributed by atoms with van der Waals surface area (Å²) in [5.41, 5.74) is 3.21. The Balaban J connectivity index is 1.74. The van der Waals surface area contributed by atoms with Gasteiger partial charge < -0.3 is 14.6 Å². The van der Waals surface area contributed by atoms with Crippen molar-refractivity contribution in [3.8, 4) is 17.0 Å². The van der Waals surface area contributed by atoms with Crippen LogP contribution in [-0.2, 0) is 7.05 Å². The quantitative estimate of drug-likeness (QED) is 0.413. The third-order valence-corrected chi connectivity index (χ3v) is 4.47. The van der Waals surface area contributed by atoms with Crippen LogP contribution in [-0.4, -0.2) is 26.6 Å². The molecule has 0 aliphatic carbocycles. The summed E-state index contributed by atoms with van der Waals surface area (Å²) in [4.78, 5) is 19.4. The van der Waals surface area contributed by atoms with Crippen molar-refractivity contribution >= 4 is 28.2 Å². The Kier molecular flexibility index (Phi) is 4.36. The topological polar surface area (TPSA) is 95.1 Å². The van der Waals surface area contributed by atoms with Crippen molar-refractivity contribution in [3.05, 3.63) is 71.0 Å². The number of nitrogens with zero attached hydrogens (tertiary/aromatic N) is 4. The number of aromatic nitrogens is 3. The fourth-order valence-electron chi connectivity index (χ4n) is 3.14. The molecule has 8 nitrogen and oxygen atoms in total. The molecule has 0 atom stereocenters. The van der Waals surface area contributed by atoms with Crippen LogP contribution < -0.4 is 10.1 Å². The van der Waals surface area contributed by atoms with Crippen LogP contribution in [0.2, 0.25) is 0 Å². The highest BCUT2D eigenvalue weighted by Crippen LogP contribution is 2.32. The molecule has 0 bridgehead atoms. The summed E-state index contributed by atoms with van der Waals surface area (Å²) in [5, 5.41) is 15.2. The SMILES string of the molecule is COc1ccc([N+](=O)[O-])cc1Nc1nccc(-c2cn(C)c3ccccc23)n1. The summed E-state index contributed by atoms with van der Waals surface area (Å²) >= 11 is 0. The molecule has 4 rings (SSSR count). The Labute approximate surface area is 160 Å². The van der Waals surface area contributed by atoms with Crippen LogP contribution in [0.3, 0.4) is 0 Å². The number of fused-ring (bicyclic) bond motifs is 1. The minimum absolute atomic E-state index is 0.0477. The highest BCUT2D eigenvalue weighted by Gasteiger charge is 2.14. The van der Waals surface area contributed by atoms with Gasteiger partial charge in [-0.2, -0.15) is 0 Å². The molecule has 1 N–H and O–H groups in total. The fourth-order valence-corrected chi connectivity index (χ4v) is 3.14. The Morgan fingerprint density at radius 3 is 2.79 bits per heavy atom. The van der Waals surface area contributed by atoms with E-state index in [1.807, 2.05) is 48.1 Å². The zero-order chi connectivity index (χ0) is 19.7. The summed E-state index contributed by atoms with van der Waals surface area (Å²) in [5.74, 6) is 0.786. The molecule has 0 unspecified atom stereocenters. The predicted molar refractivity (Wildman–Crippen MR) is 107 cm³/mol. The Hall–Kier alpha value is -3.94. The van der Waals surface area contributed by atoms with Crippen molar-refractivity contribution in [2.45, 2.75) is 0 Å². The number of methoxy groups -OCH3 is 1. The van der Waals surface area contributed by atoms with Gasteiger partial charge in [0.2, 0.25) is 5.95 Å². The third-order valence-electron chi connectivity index (χ3n) is 4.47. The maximum absolute atomic E-state index is 11.1. The lowest BCUT2D eigenvalue weighted by molar-refractivity contribution is -0.384. The van der Waals surface area contributed by atoms with E-state index in [-0.39, 0.29) is 5.69 Å². The number of nitro benzene ring substituents is 1. The largest absolute Gasteiger partial charge is 0.495 e. The number of hydrogen-bond donors (Lipinski definition) is 1. The lowest BCUT2D eigenvalue weighted by Gasteiger charge is -2.10. The van der Waals surface area contributed by atoms with E-state index in [0.717, 1.165) is 22.2 Å². The van der Waals surface area contributed by atoms with E-state index in [2.05, 4.69) is 15.3 Å². The molecule has 4 aromatic rings. The molecular formula is C20H17N5O3. The van der Waals surface area contributed by atoms with E-state index in [4.69, 9.17) is 4.74 Å². The molecule has 0 radical (unpaired) electrons. The number of rotatable bonds is 5. The van der Waals surface area contributed by atoms with Gasteiger partial charge in [0.25, 0.3) is 5.69 Å². The highest BCUT2D eigenvalue weighted by molar-refractivity contribution is 5.95.